The summed E-state index contributed by atoms with van der Waals surface area (Å²) in [6.45, 7) is 1.53. The Kier molecular flexibility index (Phi) is 38.0. The number of ether oxygens (including phenoxy) is 6. The van der Waals surface area contributed by atoms with E-state index in [0.29, 0.717) is 6.42 Å². The highest BCUT2D eigenvalue weighted by Gasteiger charge is 2.53. The van der Waals surface area contributed by atoms with Crippen LogP contribution in [0.4, 0.5) is 0 Å². The third-order valence-electron chi connectivity index (χ3n) is 14.2. The van der Waals surface area contributed by atoms with E-state index in [0.717, 1.165) is 77.0 Å². The van der Waals surface area contributed by atoms with Crippen molar-refractivity contribution in [3.8, 4) is 0 Å². The molecule has 0 aliphatic carbocycles. The molecule has 3 aliphatic heterocycles. The van der Waals surface area contributed by atoms with Crippen molar-refractivity contribution in [2.24, 2.45) is 0 Å². The van der Waals surface area contributed by atoms with E-state index in [1.54, 1.807) is 6.08 Å². The second-order valence-corrected chi connectivity index (χ2v) is 20.7. The van der Waals surface area contributed by atoms with Gasteiger partial charge in [-0.15, -0.1) is 0 Å². The third kappa shape index (κ3) is 26.8. The van der Waals surface area contributed by atoms with Crippen LogP contribution in [0.3, 0.4) is 0 Å². The van der Waals surface area contributed by atoms with Crippen LogP contribution in [0.2, 0.25) is 0 Å². The average Bonchev–Trinajstić information content (AvgIpc) is 3.45. The number of amides is 1. The van der Waals surface area contributed by atoms with Crippen molar-refractivity contribution in [1.82, 2.24) is 5.32 Å². The minimum atomic E-state index is -1.99. The minimum absolute atomic E-state index is 0.183. The number of unbranched alkanes of at least 4 members (excludes halogenated alkanes) is 13. The Morgan fingerprint density at radius 3 is 1.37 bits per heavy atom. The van der Waals surface area contributed by atoms with E-state index < -0.39 is 124 Å². The molecule has 0 radical (unpaired) electrons. The molecule has 3 saturated heterocycles. The van der Waals surface area contributed by atoms with Gasteiger partial charge in [0.15, 0.2) is 18.9 Å². The molecule has 3 aliphatic rings. The zero-order valence-corrected chi connectivity index (χ0v) is 47.1. The van der Waals surface area contributed by atoms with Gasteiger partial charge in [0.2, 0.25) is 5.91 Å². The van der Waals surface area contributed by atoms with E-state index in [9.17, 15) is 61.0 Å². The maximum absolute atomic E-state index is 13.3. The van der Waals surface area contributed by atoms with Gasteiger partial charge in [0.05, 0.1) is 38.6 Å². The second-order valence-electron chi connectivity index (χ2n) is 20.7. The molecule has 454 valence electrons. The average molecular weight is 1120 g/mol. The highest BCUT2D eigenvalue weighted by atomic mass is 16.8. The summed E-state index contributed by atoms with van der Waals surface area (Å²) in [5.74, 6) is -0.323. The third-order valence-corrected chi connectivity index (χ3v) is 14.2. The van der Waals surface area contributed by atoms with Crippen LogP contribution in [-0.2, 0) is 33.2 Å². The molecule has 79 heavy (non-hydrogen) atoms. The highest BCUT2D eigenvalue weighted by molar-refractivity contribution is 5.76. The van der Waals surface area contributed by atoms with Gasteiger partial charge in [-0.2, -0.15) is 0 Å². The van der Waals surface area contributed by atoms with Gasteiger partial charge in [0.1, 0.15) is 73.2 Å². The van der Waals surface area contributed by atoms with Crippen LogP contribution >= 0.6 is 0 Å². The van der Waals surface area contributed by atoms with E-state index in [-0.39, 0.29) is 18.9 Å². The van der Waals surface area contributed by atoms with E-state index in [1.165, 1.54) is 51.4 Å². The normalized spacial score (nSPS) is 30.9. The topological polar surface area (TPSA) is 307 Å². The van der Waals surface area contributed by atoms with Gasteiger partial charge in [-0.05, 0) is 70.6 Å². The predicted octanol–water partition coefficient (Wildman–Crippen LogP) is 4.81. The number of nitrogens with one attached hydrogen (secondary N) is 1. The molecule has 1 amide bonds. The lowest BCUT2D eigenvalue weighted by Crippen LogP contribution is -2.66. The molecule has 3 heterocycles. The summed E-state index contributed by atoms with van der Waals surface area (Å²) in [5.41, 5.74) is 0. The molecule has 0 aromatic carbocycles. The van der Waals surface area contributed by atoms with Crippen LogP contribution in [0.25, 0.3) is 0 Å². The van der Waals surface area contributed by atoms with Crippen molar-refractivity contribution in [3.63, 3.8) is 0 Å². The summed E-state index contributed by atoms with van der Waals surface area (Å²) in [6, 6.07) is -1.00. The molecule has 12 N–H and O–H groups in total. The fourth-order valence-corrected chi connectivity index (χ4v) is 9.37. The quantitative estimate of drug-likeness (QED) is 0.0289. The first-order valence-corrected chi connectivity index (χ1v) is 29.3. The monoisotopic (exact) mass is 1120 g/mol. The lowest BCUT2D eigenvalue weighted by atomic mass is 9.96. The number of aliphatic hydroxyl groups is 11. The Labute approximate surface area is 470 Å². The molecular formula is C60H101NO18. The van der Waals surface area contributed by atoms with Crippen LogP contribution in [0.5, 0.6) is 0 Å². The Bertz CT molecular complexity index is 1770. The summed E-state index contributed by atoms with van der Waals surface area (Å²) in [7, 11) is 0. The van der Waals surface area contributed by atoms with Crippen LogP contribution in [-0.4, -0.2) is 193 Å². The highest BCUT2D eigenvalue weighted by Crippen LogP contribution is 2.33. The van der Waals surface area contributed by atoms with Crippen LogP contribution in [0, 0.1) is 0 Å². The Morgan fingerprint density at radius 2 is 0.873 bits per heavy atom. The predicted molar refractivity (Wildman–Crippen MR) is 300 cm³/mol. The van der Waals surface area contributed by atoms with Crippen LogP contribution < -0.4 is 5.32 Å². The van der Waals surface area contributed by atoms with Crippen LogP contribution in [0.15, 0.2) is 85.1 Å². The molecule has 0 aromatic heterocycles. The maximum atomic E-state index is 13.3. The molecule has 0 spiro atoms. The van der Waals surface area contributed by atoms with E-state index >= 15 is 0 Å². The summed E-state index contributed by atoms with van der Waals surface area (Å²) in [6.07, 6.45) is 24.2. The number of rotatable bonds is 41. The van der Waals surface area contributed by atoms with Crippen molar-refractivity contribution in [3.05, 3.63) is 85.1 Å². The standard InChI is InChI=1S/C60H101NO18/c1-3-5-7-9-11-13-15-17-18-19-20-21-22-23-24-26-28-30-32-34-36-38-48(66)61-43(44(65)37-35-33-31-29-27-25-16-14-12-10-8-6-4-2)42-74-58-54(72)51(69)56(46(40-63)76-58)79-60-55(73)52(70)57(47(41-64)77-60)78-59-53(71)50(68)49(67)45(39-62)75-59/h5,7,11,13,17-18,20-21,23-24,28,30,35,37,43-47,49-60,62-65,67-73H,3-4,6,8-10,12,14-16,19,22,25-27,29,31-34,36,38-42H2,1-2H3,(H,61,66)/b7-5-,13-11-,18-17-,21-20-,24-23-,30-28-,37-35+. The number of hydrogen-bond acceptors (Lipinski definition) is 18. The molecule has 17 atom stereocenters. The second kappa shape index (κ2) is 42.7. The number of allylic oxidation sites excluding steroid dienone is 13. The van der Waals surface area contributed by atoms with Gasteiger partial charge >= 0.3 is 0 Å². The van der Waals surface area contributed by atoms with Gasteiger partial charge < -0.3 is 89.9 Å². The van der Waals surface area contributed by atoms with Crippen molar-refractivity contribution in [2.45, 2.75) is 259 Å². The van der Waals surface area contributed by atoms with Crippen molar-refractivity contribution < 1.29 is 89.4 Å². The summed E-state index contributed by atoms with van der Waals surface area (Å²) < 4.78 is 34.2. The molecule has 0 bridgehead atoms. The molecular weight excluding hydrogens is 1020 g/mol. The van der Waals surface area contributed by atoms with Gasteiger partial charge in [-0.25, -0.2) is 0 Å². The van der Waals surface area contributed by atoms with Gasteiger partial charge in [0, 0.05) is 6.42 Å². The first kappa shape index (κ1) is 70.2. The number of aliphatic hydroxyl groups excluding tert-OH is 11. The summed E-state index contributed by atoms with van der Waals surface area (Å²) >= 11 is 0. The first-order valence-electron chi connectivity index (χ1n) is 29.3. The van der Waals surface area contributed by atoms with Crippen molar-refractivity contribution >= 4 is 5.91 Å². The molecule has 19 heteroatoms. The summed E-state index contributed by atoms with van der Waals surface area (Å²) in [5, 5.41) is 120. The summed E-state index contributed by atoms with van der Waals surface area (Å²) in [4.78, 5) is 13.3. The van der Waals surface area contributed by atoms with Gasteiger partial charge in [0.25, 0.3) is 0 Å². The smallest absolute Gasteiger partial charge is 0.220 e. The fourth-order valence-electron chi connectivity index (χ4n) is 9.37. The molecule has 0 saturated carbocycles. The molecule has 0 aromatic rings. The maximum Gasteiger partial charge on any atom is 0.220 e. The Balaban J connectivity index is 1.52. The minimum Gasteiger partial charge on any atom is -0.394 e. The zero-order chi connectivity index (χ0) is 57.6. The van der Waals surface area contributed by atoms with Crippen molar-refractivity contribution in [1.29, 1.82) is 0 Å². The first-order chi connectivity index (χ1) is 38.3. The van der Waals surface area contributed by atoms with E-state index in [1.807, 2.05) is 6.08 Å². The number of carbonyl (C=O) groups excluding carboxylic acids is 1. The zero-order valence-electron chi connectivity index (χ0n) is 47.1. The SMILES string of the molecule is CC/C=C\C/C=C\C/C=C\C/C=C\C/C=C\C/C=C\CCCCC(=O)NC(COC1OC(CO)C(OC2OC(CO)C(OC3OC(CO)C(O)C(O)C3O)C(O)C2O)C(O)C1O)C(O)/C=C/CCCCCCCCCCCCC. The molecule has 3 rings (SSSR count). The Hall–Kier alpha value is -3.03. The Morgan fingerprint density at radius 1 is 0.468 bits per heavy atom. The number of carbonyl (C=O) groups is 1. The van der Waals surface area contributed by atoms with Crippen LogP contribution in [0.1, 0.15) is 155 Å². The van der Waals surface area contributed by atoms with E-state index in [4.69, 9.17) is 28.4 Å². The lowest BCUT2D eigenvalue weighted by Gasteiger charge is -2.48. The van der Waals surface area contributed by atoms with Crippen molar-refractivity contribution in [2.75, 3.05) is 26.4 Å². The molecule has 19 nitrogen and oxygen atoms in total. The molecule has 3 fully saturated rings. The van der Waals surface area contributed by atoms with E-state index in [2.05, 4.69) is 92.1 Å². The lowest BCUT2D eigenvalue weighted by molar-refractivity contribution is -0.379. The van der Waals surface area contributed by atoms with Gasteiger partial charge in [-0.1, -0.05) is 163 Å². The number of hydrogen-bond donors (Lipinski definition) is 12. The molecule has 17 unspecified atom stereocenters. The fraction of sp³-hybridized carbons (Fsp3) is 0.750. The van der Waals surface area contributed by atoms with Gasteiger partial charge in [-0.3, -0.25) is 4.79 Å². The largest absolute Gasteiger partial charge is 0.394 e.